The Labute approximate surface area is 115 Å². The molecule has 3 heteroatoms. The van der Waals surface area contributed by atoms with Crippen LogP contribution in [0.5, 0.6) is 0 Å². The van der Waals surface area contributed by atoms with Gasteiger partial charge in [-0.2, -0.15) is 0 Å². The fraction of sp³-hybridized carbons (Fsp3) is 0.533. The summed E-state index contributed by atoms with van der Waals surface area (Å²) in [7, 11) is 0. The van der Waals surface area contributed by atoms with Crippen molar-refractivity contribution in [3.05, 3.63) is 35.9 Å². The van der Waals surface area contributed by atoms with Crippen LogP contribution in [0.1, 0.15) is 40.2 Å². The van der Waals surface area contributed by atoms with E-state index in [0.717, 1.165) is 5.56 Å². The molecule has 0 aliphatic heterocycles. The molecule has 100 valence electrons. The number of halogens is 1. The highest BCUT2D eigenvalue weighted by atomic mass is 35.5. The van der Waals surface area contributed by atoms with Crippen molar-refractivity contribution in [3.8, 4) is 0 Å². The second kappa shape index (κ2) is 5.31. The number of alkyl halides is 1. The van der Waals surface area contributed by atoms with E-state index in [1.54, 1.807) is 0 Å². The van der Waals surface area contributed by atoms with Crippen molar-refractivity contribution in [3.63, 3.8) is 0 Å². The Morgan fingerprint density at radius 1 is 1.17 bits per heavy atom. The number of carbonyl (C=O) groups is 1. The van der Waals surface area contributed by atoms with Gasteiger partial charge in [0.2, 0.25) is 5.91 Å². The zero-order valence-electron chi connectivity index (χ0n) is 11.8. The Hall–Kier alpha value is -1.02. The minimum absolute atomic E-state index is 0.00815. The van der Waals surface area contributed by atoms with Gasteiger partial charge in [-0.15, -0.1) is 11.6 Å². The predicted octanol–water partition coefficient (Wildman–Crippen LogP) is 3.49. The maximum Gasteiger partial charge on any atom is 0.230 e. The molecule has 0 aliphatic carbocycles. The summed E-state index contributed by atoms with van der Waals surface area (Å²) in [5, 5.41) is 2.89. The molecule has 1 aromatic rings. The average molecular weight is 268 g/mol. The molecule has 1 amide bonds. The van der Waals surface area contributed by atoms with Gasteiger partial charge in [0.25, 0.3) is 0 Å². The van der Waals surface area contributed by atoms with Gasteiger partial charge in [-0.3, -0.25) is 4.79 Å². The lowest BCUT2D eigenvalue weighted by molar-refractivity contribution is -0.127. The molecule has 0 saturated carbocycles. The number of benzene rings is 1. The van der Waals surface area contributed by atoms with Crippen molar-refractivity contribution in [1.82, 2.24) is 5.32 Å². The number of hydrogen-bond donors (Lipinski definition) is 1. The van der Waals surface area contributed by atoms with Gasteiger partial charge < -0.3 is 5.32 Å². The summed E-state index contributed by atoms with van der Waals surface area (Å²) in [6.45, 7) is 9.60. The summed E-state index contributed by atoms with van der Waals surface area (Å²) in [5.74, 6) is -0.00815. The molecular weight excluding hydrogens is 246 g/mol. The van der Waals surface area contributed by atoms with Gasteiger partial charge in [-0.25, -0.2) is 0 Å². The number of rotatable bonds is 4. The van der Waals surface area contributed by atoms with E-state index in [2.05, 4.69) is 5.32 Å². The molecule has 18 heavy (non-hydrogen) atoms. The molecule has 1 aromatic carbocycles. The number of carbonyl (C=O) groups excluding carboxylic acids is 1. The van der Waals surface area contributed by atoms with E-state index in [9.17, 15) is 4.79 Å². The average Bonchev–Trinajstić information content (AvgIpc) is 2.29. The maximum absolute atomic E-state index is 12.4. The predicted molar refractivity (Wildman–Crippen MR) is 77.0 cm³/mol. The Balaban J connectivity index is 2.91. The first-order chi connectivity index (χ1) is 8.18. The molecule has 0 saturated heterocycles. The highest BCUT2D eigenvalue weighted by molar-refractivity contribution is 6.21. The van der Waals surface area contributed by atoms with Crippen LogP contribution < -0.4 is 5.32 Å². The highest BCUT2D eigenvalue weighted by Gasteiger charge is 2.35. The Morgan fingerprint density at radius 3 is 2.11 bits per heavy atom. The molecule has 0 fully saturated rings. The van der Waals surface area contributed by atoms with Crippen LogP contribution in [0.3, 0.4) is 0 Å². The largest absolute Gasteiger partial charge is 0.349 e. The van der Waals surface area contributed by atoms with Gasteiger partial charge >= 0.3 is 0 Å². The third-order valence-electron chi connectivity index (χ3n) is 3.49. The smallest absolute Gasteiger partial charge is 0.230 e. The quantitative estimate of drug-likeness (QED) is 0.832. The summed E-state index contributed by atoms with van der Waals surface area (Å²) >= 11 is 6.09. The standard InChI is InChI=1S/C15H22ClNO/c1-11(16)15(4,5)17-13(18)14(2,3)12-9-7-6-8-10-12/h6-11H,1-5H3,(H,17,18). The van der Waals surface area contributed by atoms with Crippen LogP contribution in [0.25, 0.3) is 0 Å². The molecule has 0 heterocycles. The van der Waals surface area contributed by atoms with E-state index in [1.165, 1.54) is 0 Å². The van der Waals surface area contributed by atoms with Crippen molar-refractivity contribution in [2.75, 3.05) is 0 Å². The van der Waals surface area contributed by atoms with Gasteiger partial charge in [0.05, 0.1) is 16.3 Å². The van der Waals surface area contributed by atoms with Crippen LogP contribution >= 0.6 is 11.6 Å². The van der Waals surface area contributed by atoms with E-state index in [4.69, 9.17) is 11.6 Å². The minimum atomic E-state index is -0.565. The summed E-state index contributed by atoms with van der Waals surface area (Å²) in [6.07, 6.45) is 0. The molecule has 0 aromatic heterocycles. The number of amides is 1. The Bertz CT molecular complexity index is 410. The van der Waals surface area contributed by atoms with Gasteiger partial charge in [0, 0.05) is 0 Å². The third kappa shape index (κ3) is 3.26. The monoisotopic (exact) mass is 267 g/mol. The zero-order chi connectivity index (χ0) is 14.0. The second-order valence-electron chi connectivity index (χ2n) is 5.78. The second-order valence-corrected chi connectivity index (χ2v) is 6.44. The van der Waals surface area contributed by atoms with Crippen LogP contribution in [0.2, 0.25) is 0 Å². The lowest BCUT2D eigenvalue weighted by Crippen LogP contribution is -2.54. The third-order valence-corrected chi connectivity index (χ3v) is 4.04. The fourth-order valence-electron chi connectivity index (χ4n) is 1.53. The Kier molecular flexibility index (Phi) is 4.44. The van der Waals surface area contributed by atoms with Crippen molar-refractivity contribution >= 4 is 17.5 Å². The first-order valence-corrected chi connectivity index (χ1v) is 6.64. The normalized spacial score (nSPS) is 14.1. The van der Waals surface area contributed by atoms with Gasteiger partial charge in [0.1, 0.15) is 0 Å². The molecular formula is C15H22ClNO. The van der Waals surface area contributed by atoms with E-state index in [0.29, 0.717) is 0 Å². The lowest BCUT2D eigenvalue weighted by Gasteiger charge is -2.34. The van der Waals surface area contributed by atoms with Crippen LogP contribution in [0.15, 0.2) is 30.3 Å². The summed E-state index contributed by atoms with van der Waals surface area (Å²) in [4.78, 5) is 12.4. The summed E-state index contributed by atoms with van der Waals surface area (Å²) < 4.78 is 0. The van der Waals surface area contributed by atoms with Gasteiger partial charge in [-0.1, -0.05) is 30.3 Å². The van der Waals surface area contributed by atoms with E-state index in [1.807, 2.05) is 65.0 Å². The van der Waals surface area contributed by atoms with Crippen molar-refractivity contribution in [2.45, 2.75) is 50.9 Å². The lowest BCUT2D eigenvalue weighted by atomic mass is 9.82. The first-order valence-electron chi connectivity index (χ1n) is 6.20. The molecule has 1 atom stereocenters. The van der Waals surface area contributed by atoms with Crippen molar-refractivity contribution in [2.24, 2.45) is 0 Å². The molecule has 2 nitrogen and oxygen atoms in total. The minimum Gasteiger partial charge on any atom is -0.349 e. The molecule has 0 radical (unpaired) electrons. The van der Waals surface area contributed by atoms with Crippen LogP contribution in [-0.4, -0.2) is 16.8 Å². The van der Waals surface area contributed by atoms with Crippen LogP contribution in [0, 0.1) is 0 Å². The molecule has 1 unspecified atom stereocenters. The zero-order valence-corrected chi connectivity index (χ0v) is 12.5. The van der Waals surface area contributed by atoms with E-state index < -0.39 is 11.0 Å². The van der Waals surface area contributed by atoms with Crippen LogP contribution in [0.4, 0.5) is 0 Å². The Morgan fingerprint density at radius 2 is 1.67 bits per heavy atom. The van der Waals surface area contributed by atoms with Crippen LogP contribution in [-0.2, 0) is 10.2 Å². The number of hydrogen-bond acceptors (Lipinski definition) is 1. The molecule has 1 N–H and O–H groups in total. The maximum atomic E-state index is 12.4. The highest BCUT2D eigenvalue weighted by Crippen LogP contribution is 2.25. The van der Waals surface area contributed by atoms with Crippen molar-refractivity contribution < 1.29 is 4.79 Å². The van der Waals surface area contributed by atoms with E-state index >= 15 is 0 Å². The first kappa shape index (κ1) is 15.0. The molecule has 0 aliphatic rings. The molecule has 0 spiro atoms. The summed E-state index contributed by atoms with van der Waals surface area (Å²) in [5.41, 5.74) is 0.00941. The summed E-state index contributed by atoms with van der Waals surface area (Å²) in [6, 6.07) is 9.77. The molecule has 1 rings (SSSR count). The SMILES string of the molecule is CC(Cl)C(C)(C)NC(=O)C(C)(C)c1ccccc1. The van der Waals surface area contributed by atoms with Gasteiger partial charge in [-0.05, 0) is 40.2 Å². The fourth-order valence-corrected chi connectivity index (χ4v) is 1.59. The van der Waals surface area contributed by atoms with Crippen molar-refractivity contribution in [1.29, 1.82) is 0 Å². The number of nitrogens with one attached hydrogen (secondary N) is 1. The van der Waals surface area contributed by atoms with Gasteiger partial charge in [0.15, 0.2) is 0 Å². The topological polar surface area (TPSA) is 29.1 Å². The molecule has 0 bridgehead atoms. The van der Waals surface area contributed by atoms with E-state index in [-0.39, 0.29) is 11.3 Å².